The van der Waals surface area contributed by atoms with Gasteiger partial charge in [0.25, 0.3) is 0 Å². The molecule has 0 aromatic carbocycles. The largest absolute Gasteiger partial charge is 0.382 e. The van der Waals surface area contributed by atoms with E-state index in [1.54, 1.807) is 0 Å². The fourth-order valence-corrected chi connectivity index (χ4v) is 0.179. The third-order valence-electron chi connectivity index (χ3n) is 1.18. The second-order valence-corrected chi connectivity index (χ2v) is 2.73. The molecule has 0 radical (unpaired) electrons. The molecule has 0 saturated heterocycles. The van der Waals surface area contributed by atoms with Gasteiger partial charge in [-0.05, 0) is 0 Å². The molecule has 0 spiro atoms. The molecule has 0 rings (SSSR count). The van der Waals surface area contributed by atoms with Gasteiger partial charge in [-0.1, -0.05) is 0 Å². The van der Waals surface area contributed by atoms with E-state index >= 15 is 0 Å². The van der Waals surface area contributed by atoms with Gasteiger partial charge in [-0.2, -0.15) is 17.6 Å². The fourth-order valence-electron chi connectivity index (χ4n) is 0.179. The summed E-state index contributed by atoms with van der Waals surface area (Å²) in [5.74, 6) is -3.89. The molecule has 0 aliphatic heterocycles. The molecule has 0 fully saturated rings. The maximum absolute atomic E-state index is 11.9. The maximum Gasteiger partial charge on any atom is 0.382 e. The summed E-state index contributed by atoms with van der Waals surface area (Å²) in [5, 5.41) is 16.0. The van der Waals surface area contributed by atoms with Crippen LogP contribution in [-0.2, 0) is 9.47 Å². The van der Waals surface area contributed by atoms with Crippen molar-refractivity contribution in [3.63, 3.8) is 0 Å². The van der Waals surface area contributed by atoms with Gasteiger partial charge < -0.3 is 19.7 Å². The normalized spacial score (nSPS) is 17.3. The first kappa shape index (κ1) is 24.0. The predicted molar refractivity (Wildman–Crippen MR) is 42.4 cm³/mol. The average Bonchev–Trinajstić information content (AvgIpc) is 2.02. The summed E-state index contributed by atoms with van der Waals surface area (Å²) >= 11 is 0. The summed E-state index contributed by atoms with van der Waals surface area (Å²) < 4.78 is 54.1. The van der Waals surface area contributed by atoms with Crippen LogP contribution in [0.25, 0.3) is 0 Å². The molecule has 0 saturated carbocycles. The van der Waals surface area contributed by atoms with Crippen LogP contribution in [-0.4, -0.2) is 42.4 Å². The Labute approximate surface area is 84.4 Å². The number of hydrogen-bond acceptors (Lipinski definition) is 4. The van der Waals surface area contributed by atoms with Crippen molar-refractivity contribution in [2.45, 2.75) is 31.9 Å². The van der Waals surface area contributed by atoms with E-state index in [1.807, 2.05) is 0 Å². The van der Waals surface area contributed by atoms with Crippen molar-refractivity contribution in [3.05, 3.63) is 0 Å². The second-order valence-electron chi connectivity index (χ2n) is 2.73. The number of rotatable bonds is 3. The zero-order chi connectivity index (χ0) is 12.9. The first-order valence-electron chi connectivity index (χ1n) is 3.68. The van der Waals surface area contributed by atoms with Crippen molar-refractivity contribution in [1.82, 2.24) is 0 Å². The fraction of sp³-hybridized carbons (Fsp3) is 1.00. The van der Waals surface area contributed by atoms with Crippen LogP contribution in [0.1, 0.15) is 13.8 Å². The monoisotopic (exact) mass is 772 g/mol. The third-order valence-corrected chi connectivity index (χ3v) is 1.18. The number of ether oxygens (including phenoxy) is 2. The number of methoxy groups -OCH3 is 2. The van der Waals surface area contributed by atoms with Crippen molar-refractivity contribution in [3.8, 4) is 0 Å². The Kier molecular flexibility index (Phi) is 9.80. The minimum absolute atomic E-state index is 0. The van der Waals surface area contributed by atoms with E-state index < -0.39 is 18.0 Å². The van der Waals surface area contributed by atoms with Crippen LogP contribution in [0.5, 0.6) is 0 Å². The van der Waals surface area contributed by atoms with Gasteiger partial charge in [0.2, 0.25) is 0 Å². The molecular formula is C7H14F4O4Rf2. The summed E-state index contributed by atoms with van der Waals surface area (Å²) in [6, 6.07) is -6.31. The van der Waals surface area contributed by atoms with Crippen LogP contribution in [0.3, 0.4) is 0 Å². The molecule has 2 atom stereocenters. The third kappa shape index (κ3) is 11.5. The van der Waals surface area contributed by atoms with E-state index in [2.05, 4.69) is 9.47 Å². The molecule has 0 bridgehead atoms. The molecule has 17 heavy (non-hydrogen) atoms. The van der Waals surface area contributed by atoms with Crippen molar-refractivity contribution in [2.24, 2.45) is 0 Å². The topological polar surface area (TPSA) is 58.9 Å². The van der Waals surface area contributed by atoms with Gasteiger partial charge in [0.15, 0.2) is 0 Å². The zero-order valence-electron chi connectivity index (χ0n) is 10.1. The second kappa shape index (κ2) is 6.94. The van der Waals surface area contributed by atoms with Crippen molar-refractivity contribution in [2.75, 3.05) is 14.2 Å². The smallest absolute Gasteiger partial charge is 0.340 e. The number of halogens is 4. The summed E-state index contributed by atoms with van der Waals surface area (Å²) in [6.45, 7) is 1.13. The molecule has 0 heterocycles. The van der Waals surface area contributed by atoms with Crippen LogP contribution in [0.2, 0.25) is 0 Å². The van der Waals surface area contributed by atoms with Crippen molar-refractivity contribution < 1.29 is 37.2 Å². The standard InChI is InChI=1S/C4H7F3O2.C3H7FO2.2Rf/c1-3(5,6)4(7,8)9-2;1-3(4,5)6-2;;/h8H,1-2H3;5H,1-2H3;;. The van der Waals surface area contributed by atoms with E-state index in [0.29, 0.717) is 7.11 Å². The molecule has 2 N–H and O–H groups in total. The molecule has 98 valence electrons. The quantitative estimate of drug-likeness (QED) is 0.335. The summed E-state index contributed by atoms with van der Waals surface area (Å²) in [6.07, 6.45) is 0. The Morgan fingerprint density at radius 2 is 1.06 bits per heavy atom. The molecule has 4 nitrogen and oxygen atoms in total. The van der Waals surface area contributed by atoms with Gasteiger partial charge in [0, 0.05) is 28.1 Å². The summed E-state index contributed by atoms with van der Waals surface area (Å²) in [7, 11) is 1.73. The van der Waals surface area contributed by atoms with Gasteiger partial charge in [0.05, 0.1) is 0 Å². The molecule has 0 aromatic heterocycles. The summed E-state index contributed by atoms with van der Waals surface area (Å²) in [4.78, 5) is 0. The number of alkyl halides is 4. The Morgan fingerprint density at radius 3 is 1.06 bits per heavy atom. The SMILES string of the molecule is COC(C)(O)F.COC(O)(F)C(C)(F)F.[Rf].[Rf]. The first-order chi connectivity index (χ1) is 6.37. The zero-order valence-corrected chi connectivity index (χ0v) is 22.9. The van der Waals surface area contributed by atoms with Crippen LogP contribution in [0.4, 0.5) is 17.6 Å². The van der Waals surface area contributed by atoms with Crippen molar-refractivity contribution >= 4 is 0 Å². The van der Waals surface area contributed by atoms with Gasteiger partial charge in [-0.15, -0.1) is 0 Å². The minimum Gasteiger partial charge on any atom is -0.340 e. The number of aliphatic hydroxyl groups is 2. The van der Waals surface area contributed by atoms with Gasteiger partial charge >= 0.3 is 18.0 Å². The Balaban J connectivity index is -0.0000000945. The van der Waals surface area contributed by atoms with Gasteiger partial charge in [0.1, 0.15) is 0 Å². The van der Waals surface area contributed by atoms with E-state index in [4.69, 9.17) is 10.2 Å². The van der Waals surface area contributed by atoms with E-state index in [9.17, 15) is 17.6 Å². The molecule has 0 aliphatic rings. The molecule has 10 heteroatoms. The molecule has 0 aliphatic carbocycles. The Morgan fingerprint density at radius 1 is 0.824 bits per heavy atom. The van der Waals surface area contributed by atoms with Crippen LogP contribution in [0, 0.1) is 0 Å². The molecular weight excluding hydrogens is 758 g/mol. The summed E-state index contributed by atoms with van der Waals surface area (Å²) in [5.41, 5.74) is 0. The van der Waals surface area contributed by atoms with E-state index in [1.165, 1.54) is 0 Å². The van der Waals surface area contributed by atoms with Gasteiger partial charge in [-0.25, -0.2) is 0 Å². The van der Waals surface area contributed by atoms with Gasteiger partial charge in [-0.3, -0.25) is 0 Å². The molecule has 0 amide bonds. The molecule has 2 unspecified atom stereocenters. The minimum atomic E-state index is -3.89. The Hall–Kier alpha value is -2.44. The molecule has 0 aromatic rings. The number of hydrogen-bond donors (Lipinski definition) is 2. The average molecular weight is 772 g/mol. The maximum atomic E-state index is 11.9. The van der Waals surface area contributed by atoms with Crippen LogP contribution >= 0.6 is 0 Å². The Bertz CT molecular complexity index is 182. The van der Waals surface area contributed by atoms with Crippen LogP contribution < -0.4 is 0 Å². The first-order valence-corrected chi connectivity index (χ1v) is 3.68. The van der Waals surface area contributed by atoms with E-state index in [0.717, 1.165) is 14.0 Å². The van der Waals surface area contributed by atoms with Crippen molar-refractivity contribution in [1.29, 1.82) is 0 Å². The predicted octanol–water partition coefficient (Wildman–Crippen LogP) is 1.17. The van der Waals surface area contributed by atoms with E-state index in [-0.39, 0.29) is 6.92 Å². The van der Waals surface area contributed by atoms with Crippen LogP contribution in [0.15, 0.2) is 0 Å².